The number of ether oxygens (including phenoxy) is 1. The van der Waals surface area contributed by atoms with Gasteiger partial charge in [0.05, 0.1) is 17.4 Å². The van der Waals surface area contributed by atoms with Gasteiger partial charge in [0.2, 0.25) is 0 Å². The first kappa shape index (κ1) is 12.3. The summed E-state index contributed by atoms with van der Waals surface area (Å²) in [5.41, 5.74) is 0. The van der Waals surface area contributed by atoms with Crippen LogP contribution in [-0.2, 0) is 9.84 Å². The fourth-order valence-electron chi connectivity index (χ4n) is 1.12. The van der Waals surface area contributed by atoms with Gasteiger partial charge in [0, 0.05) is 6.07 Å². The summed E-state index contributed by atoms with van der Waals surface area (Å²) in [6.07, 6.45) is 0. The molecule has 0 amide bonds. The Morgan fingerprint density at radius 2 is 2.13 bits per heavy atom. The second-order valence-corrected chi connectivity index (χ2v) is 5.45. The summed E-state index contributed by atoms with van der Waals surface area (Å²) >= 11 is 5.83. The zero-order valence-corrected chi connectivity index (χ0v) is 10.2. The zero-order chi connectivity index (χ0) is 11.5. The third-order valence-electron chi connectivity index (χ3n) is 1.87. The van der Waals surface area contributed by atoms with Gasteiger partial charge in [-0.2, -0.15) is 0 Å². The molecule has 1 aromatic carbocycles. The van der Waals surface area contributed by atoms with Gasteiger partial charge in [0.15, 0.2) is 15.6 Å². The molecule has 0 bridgehead atoms. The van der Waals surface area contributed by atoms with Gasteiger partial charge in [-0.3, -0.25) is 0 Å². The van der Waals surface area contributed by atoms with E-state index in [1.54, 1.807) is 13.8 Å². The predicted molar refractivity (Wildman–Crippen MR) is 59.2 cm³/mol. The molecule has 0 aliphatic carbocycles. The molecule has 0 spiro atoms. The van der Waals surface area contributed by atoms with Crippen molar-refractivity contribution in [3.63, 3.8) is 0 Å². The van der Waals surface area contributed by atoms with Gasteiger partial charge in [0.1, 0.15) is 4.90 Å². The molecule has 0 fully saturated rings. The van der Waals surface area contributed by atoms with E-state index in [4.69, 9.17) is 16.3 Å². The molecule has 0 aliphatic heterocycles. The molecule has 5 heteroatoms. The fraction of sp³-hybridized carbons (Fsp3) is 0.400. The van der Waals surface area contributed by atoms with E-state index in [1.165, 1.54) is 12.1 Å². The van der Waals surface area contributed by atoms with Crippen LogP contribution in [0, 0.1) is 6.07 Å². The van der Waals surface area contributed by atoms with Gasteiger partial charge < -0.3 is 4.74 Å². The lowest BCUT2D eigenvalue weighted by molar-refractivity contribution is 0.331. The minimum Gasteiger partial charge on any atom is -0.491 e. The highest BCUT2D eigenvalue weighted by molar-refractivity contribution is 7.91. The van der Waals surface area contributed by atoms with Gasteiger partial charge in [-0.1, -0.05) is 24.6 Å². The van der Waals surface area contributed by atoms with Crippen molar-refractivity contribution in [1.82, 2.24) is 0 Å². The standard InChI is InChI=1S/C10H12ClO3S/c1-3-14-10-8(11)6-5-7-9(10)15(12,13)4-2/h5,7H,3-4H2,1-2H3. The van der Waals surface area contributed by atoms with Crippen molar-refractivity contribution < 1.29 is 13.2 Å². The van der Waals surface area contributed by atoms with Gasteiger partial charge in [0.25, 0.3) is 0 Å². The number of sulfone groups is 1. The number of hydrogen-bond donors (Lipinski definition) is 0. The Bertz CT molecular complexity index is 440. The summed E-state index contributed by atoms with van der Waals surface area (Å²) in [4.78, 5) is 0.135. The summed E-state index contributed by atoms with van der Waals surface area (Å²) < 4.78 is 28.6. The normalized spacial score (nSPS) is 11.4. The molecule has 1 rings (SSSR count). The predicted octanol–water partition coefficient (Wildman–Crippen LogP) is 2.33. The van der Waals surface area contributed by atoms with Gasteiger partial charge in [-0.05, 0) is 13.0 Å². The smallest absolute Gasteiger partial charge is 0.181 e. The van der Waals surface area contributed by atoms with Crippen molar-refractivity contribution in [2.24, 2.45) is 0 Å². The Balaban J connectivity index is 3.35. The molecule has 0 aliphatic rings. The van der Waals surface area contributed by atoms with Crippen LogP contribution in [0.2, 0.25) is 5.02 Å². The van der Waals surface area contributed by atoms with Crippen LogP contribution in [0.1, 0.15) is 13.8 Å². The molecule has 0 heterocycles. The summed E-state index contributed by atoms with van der Waals surface area (Å²) in [6.45, 7) is 3.71. The first-order valence-electron chi connectivity index (χ1n) is 4.58. The highest BCUT2D eigenvalue weighted by Gasteiger charge is 2.19. The molecule has 0 saturated carbocycles. The van der Waals surface area contributed by atoms with Crippen LogP contribution in [-0.4, -0.2) is 20.8 Å². The van der Waals surface area contributed by atoms with Crippen LogP contribution in [0.4, 0.5) is 0 Å². The third kappa shape index (κ3) is 2.63. The highest BCUT2D eigenvalue weighted by atomic mass is 35.5. The first-order chi connectivity index (χ1) is 7.03. The summed E-state index contributed by atoms with van der Waals surface area (Å²) in [5, 5.41) is 0.200. The molecule has 0 atom stereocenters. The minimum atomic E-state index is -3.30. The zero-order valence-electron chi connectivity index (χ0n) is 8.58. The number of hydrogen-bond acceptors (Lipinski definition) is 3. The second kappa shape index (κ2) is 4.86. The Hall–Kier alpha value is -0.740. The third-order valence-corrected chi connectivity index (χ3v) is 3.90. The SMILES string of the molecule is CCOc1c(Cl)[c]ccc1S(=O)(=O)CC. The van der Waals surface area contributed by atoms with E-state index in [9.17, 15) is 8.42 Å². The lowest BCUT2D eigenvalue weighted by Gasteiger charge is -2.10. The van der Waals surface area contributed by atoms with E-state index in [-0.39, 0.29) is 21.4 Å². The van der Waals surface area contributed by atoms with Gasteiger partial charge >= 0.3 is 0 Å². The Labute approximate surface area is 94.9 Å². The Kier molecular flexibility index (Phi) is 3.99. The maximum absolute atomic E-state index is 11.7. The molecule has 0 N–H and O–H groups in total. The van der Waals surface area contributed by atoms with Gasteiger partial charge in [-0.25, -0.2) is 8.42 Å². The van der Waals surface area contributed by atoms with Crippen LogP contribution >= 0.6 is 11.6 Å². The van der Waals surface area contributed by atoms with Gasteiger partial charge in [-0.15, -0.1) is 0 Å². The van der Waals surface area contributed by atoms with Crippen LogP contribution < -0.4 is 4.74 Å². The Morgan fingerprint density at radius 3 is 2.67 bits per heavy atom. The van der Waals surface area contributed by atoms with Crippen molar-refractivity contribution in [3.05, 3.63) is 23.2 Å². The van der Waals surface area contributed by atoms with Crippen molar-refractivity contribution in [2.75, 3.05) is 12.4 Å². The van der Waals surface area contributed by atoms with E-state index >= 15 is 0 Å². The van der Waals surface area contributed by atoms with Crippen LogP contribution in [0.25, 0.3) is 0 Å². The van der Waals surface area contributed by atoms with Crippen molar-refractivity contribution in [1.29, 1.82) is 0 Å². The molecule has 1 aromatic rings. The molecule has 15 heavy (non-hydrogen) atoms. The average Bonchev–Trinajstić information content (AvgIpc) is 2.21. The molecule has 1 radical (unpaired) electrons. The lowest BCUT2D eigenvalue weighted by Crippen LogP contribution is -2.07. The topological polar surface area (TPSA) is 43.4 Å². The largest absolute Gasteiger partial charge is 0.491 e. The van der Waals surface area contributed by atoms with Crippen molar-refractivity contribution in [2.45, 2.75) is 18.7 Å². The lowest BCUT2D eigenvalue weighted by atomic mass is 10.3. The molecular formula is C10H12ClO3S. The first-order valence-corrected chi connectivity index (χ1v) is 6.61. The van der Waals surface area contributed by atoms with E-state index in [1.807, 2.05) is 0 Å². The molecule has 3 nitrogen and oxygen atoms in total. The summed E-state index contributed by atoms with van der Waals surface area (Å²) in [7, 11) is -3.30. The monoisotopic (exact) mass is 247 g/mol. The Morgan fingerprint density at radius 1 is 1.47 bits per heavy atom. The molecule has 0 aromatic heterocycles. The van der Waals surface area contributed by atoms with Crippen molar-refractivity contribution >= 4 is 21.4 Å². The van der Waals surface area contributed by atoms with E-state index < -0.39 is 9.84 Å². The molecular weight excluding hydrogens is 236 g/mol. The summed E-state index contributed by atoms with van der Waals surface area (Å²) in [6, 6.07) is 5.63. The van der Waals surface area contributed by atoms with E-state index in [0.717, 1.165) is 0 Å². The highest BCUT2D eigenvalue weighted by Crippen LogP contribution is 2.32. The molecule has 0 saturated heterocycles. The maximum atomic E-state index is 11.7. The average molecular weight is 248 g/mol. The molecule has 83 valence electrons. The maximum Gasteiger partial charge on any atom is 0.181 e. The van der Waals surface area contributed by atoms with Crippen molar-refractivity contribution in [3.8, 4) is 5.75 Å². The van der Waals surface area contributed by atoms with E-state index in [2.05, 4.69) is 6.07 Å². The van der Waals surface area contributed by atoms with Crippen LogP contribution in [0.5, 0.6) is 5.75 Å². The van der Waals surface area contributed by atoms with E-state index in [0.29, 0.717) is 6.61 Å². The minimum absolute atomic E-state index is 0.0212. The molecule has 0 unspecified atom stereocenters. The number of rotatable bonds is 4. The quantitative estimate of drug-likeness (QED) is 0.820. The number of benzene rings is 1. The second-order valence-electron chi connectivity index (χ2n) is 2.82. The summed E-state index contributed by atoms with van der Waals surface area (Å²) in [5.74, 6) is 0.219. The fourth-order valence-corrected chi connectivity index (χ4v) is 2.42. The van der Waals surface area contributed by atoms with Crippen LogP contribution in [0.3, 0.4) is 0 Å². The van der Waals surface area contributed by atoms with Crippen LogP contribution in [0.15, 0.2) is 17.0 Å². The number of halogens is 1.